The number of aromatic nitrogens is 4. The van der Waals surface area contributed by atoms with E-state index < -0.39 is 0 Å². The Balaban J connectivity index is 2.18. The Labute approximate surface area is 95.7 Å². The first-order chi connectivity index (χ1) is 7.29. The summed E-state index contributed by atoms with van der Waals surface area (Å²) in [6, 6.07) is 0. The molecular formula is C9H10BrN5. The largest absolute Gasteiger partial charge is 0.337 e. The van der Waals surface area contributed by atoms with E-state index in [4.69, 9.17) is 0 Å². The van der Waals surface area contributed by atoms with Crippen LogP contribution in [0.15, 0.2) is 29.4 Å². The maximum atomic E-state index is 4.16. The molecule has 0 bridgehead atoms. The van der Waals surface area contributed by atoms with Gasteiger partial charge in [0.25, 0.3) is 0 Å². The van der Waals surface area contributed by atoms with Crippen molar-refractivity contribution >= 4 is 27.4 Å². The molecule has 0 fully saturated rings. The van der Waals surface area contributed by atoms with E-state index >= 15 is 0 Å². The summed E-state index contributed by atoms with van der Waals surface area (Å²) >= 11 is 3.36. The van der Waals surface area contributed by atoms with Gasteiger partial charge in [0.05, 0.1) is 16.4 Å². The van der Waals surface area contributed by atoms with Crippen LogP contribution in [0, 0.1) is 0 Å². The van der Waals surface area contributed by atoms with Crippen molar-refractivity contribution in [3.05, 3.63) is 29.4 Å². The van der Waals surface area contributed by atoms with Crippen molar-refractivity contribution in [1.82, 2.24) is 19.7 Å². The van der Waals surface area contributed by atoms with Gasteiger partial charge < -0.3 is 5.32 Å². The van der Waals surface area contributed by atoms with Crippen LogP contribution in [0.25, 0.3) is 0 Å². The van der Waals surface area contributed by atoms with E-state index in [-0.39, 0.29) is 0 Å². The van der Waals surface area contributed by atoms with Gasteiger partial charge in [-0.15, -0.1) is 0 Å². The van der Waals surface area contributed by atoms with Gasteiger partial charge in [-0.25, -0.2) is 9.97 Å². The first-order valence-electron chi connectivity index (χ1n) is 4.54. The van der Waals surface area contributed by atoms with E-state index in [0.717, 1.165) is 22.5 Å². The van der Waals surface area contributed by atoms with Crippen LogP contribution >= 0.6 is 15.9 Å². The van der Waals surface area contributed by atoms with Crippen LogP contribution in [-0.2, 0) is 6.54 Å². The van der Waals surface area contributed by atoms with Gasteiger partial charge in [-0.3, -0.25) is 4.68 Å². The maximum absolute atomic E-state index is 4.16. The summed E-state index contributed by atoms with van der Waals surface area (Å²) in [5.74, 6) is 0.737. The summed E-state index contributed by atoms with van der Waals surface area (Å²) in [6.07, 6.45) is 6.88. The monoisotopic (exact) mass is 267 g/mol. The summed E-state index contributed by atoms with van der Waals surface area (Å²) < 4.78 is 2.67. The number of hydrogen-bond donors (Lipinski definition) is 1. The second kappa shape index (κ2) is 4.39. The number of nitrogens with one attached hydrogen (secondary N) is 1. The van der Waals surface area contributed by atoms with Crippen LogP contribution in [0.2, 0.25) is 0 Å². The van der Waals surface area contributed by atoms with E-state index in [2.05, 4.69) is 36.3 Å². The maximum Gasteiger partial charge on any atom is 0.148 e. The Kier molecular flexibility index (Phi) is 2.96. The number of aryl methyl sites for hydroxylation is 1. The molecule has 0 aliphatic carbocycles. The topological polar surface area (TPSA) is 55.6 Å². The summed E-state index contributed by atoms with van der Waals surface area (Å²) in [4.78, 5) is 7.99. The highest BCUT2D eigenvalue weighted by Crippen LogP contribution is 2.21. The zero-order valence-corrected chi connectivity index (χ0v) is 9.77. The summed E-state index contributed by atoms with van der Waals surface area (Å²) in [5, 5.41) is 7.30. The molecule has 2 aromatic heterocycles. The van der Waals surface area contributed by atoms with Crippen LogP contribution < -0.4 is 5.32 Å². The Morgan fingerprint density at radius 2 is 2.33 bits per heavy atom. The Morgan fingerprint density at radius 3 is 3.00 bits per heavy atom. The second-order valence-corrected chi connectivity index (χ2v) is 3.78. The molecule has 0 saturated heterocycles. The molecule has 15 heavy (non-hydrogen) atoms. The number of halogens is 1. The molecule has 6 heteroatoms. The molecule has 78 valence electrons. The first-order valence-corrected chi connectivity index (χ1v) is 5.34. The number of hydrogen-bond acceptors (Lipinski definition) is 4. The minimum atomic E-state index is 0.737. The summed E-state index contributed by atoms with van der Waals surface area (Å²) in [5.41, 5.74) is 0.913. The van der Waals surface area contributed by atoms with Gasteiger partial charge in [-0.1, -0.05) is 0 Å². The van der Waals surface area contributed by atoms with E-state index in [0.29, 0.717) is 0 Å². The molecular weight excluding hydrogens is 258 g/mol. The SMILES string of the molecule is CCn1cc(Nc2ncncc2Br)cn1. The van der Waals surface area contributed by atoms with Crippen molar-refractivity contribution in [2.24, 2.45) is 0 Å². The quantitative estimate of drug-likeness (QED) is 0.927. The van der Waals surface area contributed by atoms with E-state index in [1.54, 1.807) is 12.4 Å². The molecule has 0 unspecified atom stereocenters. The van der Waals surface area contributed by atoms with Gasteiger partial charge in [0, 0.05) is 18.9 Å². The Morgan fingerprint density at radius 1 is 1.47 bits per heavy atom. The van der Waals surface area contributed by atoms with Crippen LogP contribution in [0.5, 0.6) is 0 Å². The van der Waals surface area contributed by atoms with E-state index in [1.807, 2.05) is 17.8 Å². The van der Waals surface area contributed by atoms with Crippen molar-refractivity contribution in [2.75, 3.05) is 5.32 Å². The minimum absolute atomic E-state index is 0.737. The predicted octanol–water partition coefficient (Wildman–Crippen LogP) is 2.20. The molecule has 2 rings (SSSR count). The number of nitrogens with zero attached hydrogens (tertiary/aromatic N) is 4. The highest BCUT2D eigenvalue weighted by atomic mass is 79.9. The highest BCUT2D eigenvalue weighted by Gasteiger charge is 2.02. The van der Waals surface area contributed by atoms with Crippen LogP contribution in [0.3, 0.4) is 0 Å². The van der Waals surface area contributed by atoms with Gasteiger partial charge in [0.15, 0.2) is 0 Å². The van der Waals surface area contributed by atoms with Gasteiger partial charge in [-0.05, 0) is 22.9 Å². The molecule has 0 spiro atoms. The summed E-state index contributed by atoms with van der Waals surface area (Å²) in [6.45, 7) is 2.89. The molecule has 1 N–H and O–H groups in total. The molecule has 0 saturated carbocycles. The molecule has 5 nitrogen and oxygen atoms in total. The van der Waals surface area contributed by atoms with Crippen LogP contribution in [-0.4, -0.2) is 19.7 Å². The lowest BCUT2D eigenvalue weighted by Crippen LogP contribution is -1.95. The standard InChI is InChI=1S/C9H10BrN5/c1-2-15-5-7(3-13-15)14-9-8(10)4-11-6-12-9/h3-6H,2H2,1H3,(H,11,12,14). The van der Waals surface area contributed by atoms with Crippen molar-refractivity contribution in [3.8, 4) is 0 Å². The first kappa shape index (κ1) is 10.1. The average Bonchev–Trinajstić information content (AvgIpc) is 2.69. The molecule has 0 aromatic carbocycles. The van der Waals surface area contributed by atoms with E-state index in [1.165, 1.54) is 6.33 Å². The highest BCUT2D eigenvalue weighted by molar-refractivity contribution is 9.10. The Bertz CT molecular complexity index is 453. The molecule has 2 aromatic rings. The third kappa shape index (κ3) is 2.33. The predicted molar refractivity (Wildman–Crippen MR) is 60.9 cm³/mol. The molecule has 0 amide bonds. The van der Waals surface area contributed by atoms with Gasteiger partial charge in [0.1, 0.15) is 12.1 Å². The smallest absolute Gasteiger partial charge is 0.148 e. The van der Waals surface area contributed by atoms with Crippen molar-refractivity contribution < 1.29 is 0 Å². The summed E-state index contributed by atoms with van der Waals surface area (Å²) in [7, 11) is 0. The van der Waals surface area contributed by atoms with E-state index in [9.17, 15) is 0 Å². The Hall–Kier alpha value is -1.43. The normalized spacial score (nSPS) is 10.3. The lowest BCUT2D eigenvalue weighted by atomic mass is 10.5. The lowest BCUT2D eigenvalue weighted by Gasteiger charge is -2.02. The molecule has 0 aliphatic heterocycles. The molecule has 0 aliphatic rings. The fourth-order valence-corrected chi connectivity index (χ4v) is 1.46. The fraction of sp³-hybridized carbons (Fsp3) is 0.222. The second-order valence-electron chi connectivity index (χ2n) is 2.93. The third-order valence-electron chi connectivity index (χ3n) is 1.89. The zero-order valence-electron chi connectivity index (χ0n) is 8.18. The number of anilines is 2. The lowest BCUT2D eigenvalue weighted by molar-refractivity contribution is 0.660. The molecule has 0 radical (unpaired) electrons. The fourth-order valence-electron chi connectivity index (χ4n) is 1.14. The van der Waals surface area contributed by atoms with Gasteiger partial charge in [0.2, 0.25) is 0 Å². The average molecular weight is 268 g/mol. The molecule has 2 heterocycles. The zero-order chi connectivity index (χ0) is 10.7. The third-order valence-corrected chi connectivity index (χ3v) is 2.47. The van der Waals surface area contributed by atoms with Crippen molar-refractivity contribution in [1.29, 1.82) is 0 Å². The van der Waals surface area contributed by atoms with Crippen molar-refractivity contribution in [3.63, 3.8) is 0 Å². The number of rotatable bonds is 3. The van der Waals surface area contributed by atoms with Gasteiger partial charge in [-0.2, -0.15) is 5.10 Å². The van der Waals surface area contributed by atoms with Crippen LogP contribution in [0.1, 0.15) is 6.92 Å². The molecule has 0 atom stereocenters. The minimum Gasteiger partial charge on any atom is -0.337 e. The van der Waals surface area contributed by atoms with Crippen molar-refractivity contribution in [2.45, 2.75) is 13.5 Å². The van der Waals surface area contributed by atoms with Crippen LogP contribution in [0.4, 0.5) is 11.5 Å². The van der Waals surface area contributed by atoms with Gasteiger partial charge >= 0.3 is 0 Å².